The van der Waals surface area contributed by atoms with Crippen LogP contribution in [-0.4, -0.2) is 21.2 Å². The van der Waals surface area contributed by atoms with Gasteiger partial charge in [0.2, 0.25) is 4.77 Å². The van der Waals surface area contributed by atoms with E-state index in [4.69, 9.17) is 12.2 Å². The lowest BCUT2D eigenvalue weighted by atomic mass is 9.97. The van der Waals surface area contributed by atoms with Crippen molar-refractivity contribution in [3.05, 3.63) is 10.5 Å². The summed E-state index contributed by atoms with van der Waals surface area (Å²) < 4.78 is 0.448. The van der Waals surface area contributed by atoms with E-state index in [1.807, 2.05) is 6.92 Å². The molecule has 2 N–H and O–H groups in total. The van der Waals surface area contributed by atoms with Gasteiger partial charge in [-0.1, -0.05) is 32.1 Å². The Labute approximate surface area is 107 Å². The first-order chi connectivity index (χ1) is 8.25. The summed E-state index contributed by atoms with van der Waals surface area (Å²) in [6, 6.07) is 0.528. The third-order valence-corrected chi connectivity index (χ3v) is 3.50. The van der Waals surface area contributed by atoms with Crippen LogP contribution in [0.5, 0.6) is 0 Å². The van der Waals surface area contributed by atoms with Crippen molar-refractivity contribution in [2.45, 2.75) is 57.9 Å². The van der Waals surface area contributed by atoms with E-state index in [9.17, 15) is 0 Å². The van der Waals surface area contributed by atoms with Crippen LogP contribution >= 0.6 is 12.2 Å². The minimum absolute atomic E-state index is 0.448. The van der Waals surface area contributed by atoms with Crippen LogP contribution in [0.3, 0.4) is 0 Å². The van der Waals surface area contributed by atoms with E-state index in [1.165, 1.54) is 44.9 Å². The Morgan fingerprint density at radius 3 is 2.53 bits per heavy atom. The van der Waals surface area contributed by atoms with Gasteiger partial charge in [-0.25, -0.2) is 0 Å². The number of nitrogens with zero attached hydrogens (tertiary/aromatic N) is 2. The first-order valence-electron chi connectivity index (χ1n) is 6.45. The molecule has 0 amide bonds. The summed E-state index contributed by atoms with van der Waals surface area (Å²) in [4.78, 5) is 4.31. The van der Waals surface area contributed by atoms with Gasteiger partial charge in [0.25, 0.3) is 0 Å². The van der Waals surface area contributed by atoms with Gasteiger partial charge in [-0.15, -0.1) is 0 Å². The van der Waals surface area contributed by atoms with Crippen molar-refractivity contribution >= 4 is 18.0 Å². The molecular formula is C12H20N4S. The summed E-state index contributed by atoms with van der Waals surface area (Å²) in [7, 11) is 0. The smallest absolute Gasteiger partial charge is 0.215 e. The minimum atomic E-state index is 0.448. The molecule has 4 nitrogen and oxygen atoms in total. The molecule has 17 heavy (non-hydrogen) atoms. The number of hydrogen-bond acceptors (Lipinski definition) is 4. The van der Waals surface area contributed by atoms with E-state index in [1.54, 1.807) is 0 Å². The topological polar surface area (TPSA) is 53.6 Å². The average Bonchev–Trinajstić information content (AvgIpc) is 2.27. The third-order valence-electron chi connectivity index (χ3n) is 3.32. The summed E-state index contributed by atoms with van der Waals surface area (Å²) in [5, 5.41) is 10.3. The van der Waals surface area contributed by atoms with Gasteiger partial charge in [0, 0.05) is 6.04 Å². The molecule has 0 saturated heterocycles. The van der Waals surface area contributed by atoms with Crippen LogP contribution in [0.4, 0.5) is 5.82 Å². The Balaban J connectivity index is 2.02. The first-order valence-corrected chi connectivity index (χ1v) is 6.86. The van der Waals surface area contributed by atoms with Gasteiger partial charge in [-0.3, -0.25) is 5.10 Å². The van der Waals surface area contributed by atoms with Crippen molar-refractivity contribution in [1.29, 1.82) is 0 Å². The van der Waals surface area contributed by atoms with Crippen molar-refractivity contribution in [2.24, 2.45) is 0 Å². The molecule has 2 rings (SSSR count). The Kier molecular flexibility index (Phi) is 4.48. The van der Waals surface area contributed by atoms with Gasteiger partial charge >= 0.3 is 0 Å². The Bertz CT molecular complexity index is 407. The quantitative estimate of drug-likeness (QED) is 0.792. The predicted molar refractivity (Wildman–Crippen MR) is 71.7 cm³/mol. The summed E-state index contributed by atoms with van der Waals surface area (Å²) in [5.41, 5.74) is 0.889. The van der Waals surface area contributed by atoms with Gasteiger partial charge in [0.15, 0.2) is 5.82 Å². The zero-order valence-electron chi connectivity index (χ0n) is 10.3. The van der Waals surface area contributed by atoms with Crippen molar-refractivity contribution in [1.82, 2.24) is 15.2 Å². The normalized spacial score (nSPS) is 18.4. The fraction of sp³-hybridized carbons (Fsp3) is 0.750. The largest absolute Gasteiger partial charge is 0.366 e. The average molecular weight is 252 g/mol. The molecule has 0 aromatic carbocycles. The number of aryl methyl sites for hydroxylation is 1. The second-order valence-corrected chi connectivity index (χ2v) is 5.15. The Morgan fingerprint density at radius 2 is 1.82 bits per heavy atom. The molecule has 0 unspecified atom stereocenters. The molecule has 5 heteroatoms. The molecule has 1 aromatic rings. The van der Waals surface area contributed by atoms with Crippen molar-refractivity contribution in [3.8, 4) is 0 Å². The second kappa shape index (κ2) is 6.10. The van der Waals surface area contributed by atoms with Crippen LogP contribution in [0.2, 0.25) is 0 Å². The standard InChI is InChI=1S/C12H20N4S/c1-9-11(14-12(17)16-15-9)13-10-7-5-3-2-4-6-8-10/h10H,2-8H2,1H3,(H2,13,14,16,17). The fourth-order valence-electron chi connectivity index (χ4n) is 2.32. The van der Waals surface area contributed by atoms with Gasteiger partial charge in [-0.05, 0) is 32.0 Å². The fourth-order valence-corrected chi connectivity index (χ4v) is 2.46. The Hall–Kier alpha value is -0.970. The summed E-state index contributed by atoms with van der Waals surface area (Å²) >= 11 is 5.01. The molecule has 1 aromatic heterocycles. The number of nitrogens with one attached hydrogen (secondary N) is 2. The molecule has 0 bridgehead atoms. The van der Waals surface area contributed by atoms with Crippen LogP contribution in [0.1, 0.15) is 50.6 Å². The maximum absolute atomic E-state index is 5.01. The van der Waals surface area contributed by atoms with Gasteiger partial charge in [-0.2, -0.15) is 10.1 Å². The summed E-state index contributed by atoms with van der Waals surface area (Å²) in [5.74, 6) is 0.847. The lowest BCUT2D eigenvalue weighted by molar-refractivity contribution is 0.470. The van der Waals surface area contributed by atoms with E-state index in [-0.39, 0.29) is 0 Å². The van der Waals surface area contributed by atoms with Crippen LogP contribution < -0.4 is 5.32 Å². The van der Waals surface area contributed by atoms with Crippen LogP contribution in [0.15, 0.2) is 0 Å². The molecule has 0 atom stereocenters. The van der Waals surface area contributed by atoms with Crippen molar-refractivity contribution < 1.29 is 0 Å². The summed E-state index contributed by atoms with van der Waals surface area (Å²) in [6.07, 6.45) is 9.18. The van der Waals surface area contributed by atoms with Crippen LogP contribution in [0, 0.1) is 11.7 Å². The SMILES string of the molecule is Cc1n[nH]c(=S)nc1NC1CCCCCCC1. The number of H-pyrrole nitrogens is 1. The molecule has 0 aliphatic heterocycles. The molecule has 0 radical (unpaired) electrons. The molecule has 1 aliphatic carbocycles. The van der Waals surface area contributed by atoms with Crippen molar-refractivity contribution in [3.63, 3.8) is 0 Å². The number of anilines is 1. The van der Waals surface area contributed by atoms with Gasteiger partial charge in [0.05, 0.1) is 5.69 Å². The molecule has 94 valence electrons. The van der Waals surface area contributed by atoms with Crippen molar-refractivity contribution in [2.75, 3.05) is 5.32 Å². The van der Waals surface area contributed by atoms with E-state index >= 15 is 0 Å². The Morgan fingerprint density at radius 1 is 1.18 bits per heavy atom. The number of rotatable bonds is 2. The van der Waals surface area contributed by atoms with E-state index in [2.05, 4.69) is 20.5 Å². The summed E-state index contributed by atoms with van der Waals surface area (Å²) in [6.45, 7) is 1.95. The highest BCUT2D eigenvalue weighted by atomic mass is 32.1. The predicted octanol–water partition coefficient (Wildman–Crippen LogP) is 3.37. The zero-order chi connectivity index (χ0) is 12.1. The number of aromatic amines is 1. The molecule has 1 saturated carbocycles. The van der Waals surface area contributed by atoms with Crippen LogP contribution in [-0.2, 0) is 0 Å². The molecule has 1 heterocycles. The molecule has 1 fully saturated rings. The molecule has 0 spiro atoms. The van der Waals surface area contributed by atoms with Crippen LogP contribution in [0.25, 0.3) is 0 Å². The highest BCUT2D eigenvalue weighted by Gasteiger charge is 2.13. The van der Waals surface area contributed by atoms with E-state index in [0.29, 0.717) is 10.8 Å². The highest BCUT2D eigenvalue weighted by molar-refractivity contribution is 7.71. The first kappa shape index (κ1) is 12.5. The van der Waals surface area contributed by atoms with E-state index < -0.39 is 0 Å². The third kappa shape index (κ3) is 3.77. The number of hydrogen-bond donors (Lipinski definition) is 2. The lowest BCUT2D eigenvalue weighted by Gasteiger charge is -2.21. The monoisotopic (exact) mass is 252 g/mol. The van der Waals surface area contributed by atoms with Gasteiger partial charge < -0.3 is 5.32 Å². The molecular weight excluding hydrogens is 232 g/mol. The highest BCUT2D eigenvalue weighted by Crippen LogP contribution is 2.20. The number of aromatic nitrogens is 3. The second-order valence-electron chi connectivity index (χ2n) is 4.76. The minimum Gasteiger partial charge on any atom is -0.366 e. The van der Waals surface area contributed by atoms with E-state index in [0.717, 1.165) is 11.5 Å². The zero-order valence-corrected chi connectivity index (χ0v) is 11.1. The van der Waals surface area contributed by atoms with Gasteiger partial charge in [0.1, 0.15) is 0 Å². The molecule has 1 aliphatic rings. The lowest BCUT2D eigenvalue weighted by Crippen LogP contribution is -2.22. The maximum Gasteiger partial charge on any atom is 0.215 e. The maximum atomic E-state index is 5.01.